The molecule has 2 N–H and O–H groups in total. The largest absolute Gasteiger partial charge is 0.417 e. The molecule has 0 atom stereocenters. The van der Waals surface area contributed by atoms with Crippen LogP contribution in [0.15, 0.2) is 30.3 Å². The Bertz CT molecular complexity index is 804. The lowest BCUT2D eigenvalue weighted by Gasteiger charge is -2.13. The van der Waals surface area contributed by atoms with E-state index in [0.717, 1.165) is 22.8 Å². The van der Waals surface area contributed by atoms with Gasteiger partial charge in [-0.15, -0.1) is 0 Å². The Morgan fingerprint density at radius 2 is 1.68 bits per heavy atom. The van der Waals surface area contributed by atoms with E-state index in [1.807, 2.05) is 32.9 Å². The lowest BCUT2D eigenvalue weighted by atomic mass is 10.1. The van der Waals surface area contributed by atoms with Gasteiger partial charge in [0, 0.05) is 12.2 Å². The Morgan fingerprint density at radius 1 is 1.04 bits per heavy atom. The van der Waals surface area contributed by atoms with E-state index in [0.29, 0.717) is 11.3 Å². The number of anilines is 1. The van der Waals surface area contributed by atoms with Gasteiger partial charge in [0.15, 0.2) is 0 Å². The van der Waals surface area contributed by atoms with E-state index in [9.17, 15) is 18.0 Å². The second-order valence-corrected chi connectivity index (χ2v) is 6.28. The number of benzene rings is 2. The minimum absolute atomic E-state index is 0.0457. The summed E-state index contributed by atoms with van der Waals surface area (Å²) in [6, 6.07) is 6.87. The summed E-state index contributed by atoms with van der Waals surface area (Å²) >= 11 is 5.58. The number of carbonyl (C=O) groups is 1. The minimum Gasteiger partial charge on any atom is -0.334 e. The van der Waals surface area contributed by atoms with Gasteiger partial charge in [-0.3, -0.25) is 0 Å². The van der Waals surface area contributed by atoms with Crippen molar-refractivity contribution in [2.45, 2.75) is 33.5 Å². The Labute approximate surface area is 149 Å². The molecule has 0 spiro atoms. The number of nitrogens with one attached hydrogen (secondary N) is 2. The summed E-state index contributed by atoms with van der Waals surface area (Å²) in [7, 11) is 0. The van der Waals surface area contributed by atoms with Crippen LogP contribution in [0.3, 0.4) is 0 Å². The molecule has 0 heterocycles. The molecule has 2 aromatic carbocycles. The first-order valence-electron chi connectivity index (χ1n) is 7.56. The molecule has 0 aliphatic rings. The quantitative estimate of drug-likeness (QED) is 0.724. The fourth-order valence-corrected chi connectivity index (χ4v) is 2.57. The first kappa shape index (κ1) is 19.1. The topological polar surface area (TPSA) is 41.1 Å². The van der Waals surface area contributed by atoms with Crippen LogP contribution < -0.4 is 10.6 Å². The smallest absolute Gasteiger partial charge is 0.334 e. The molecule has 0 bridgehead atoms. The zero-order valence-electron chi connectivity index (χ0n) is 14.0. The van der Waals surface area contributed by atoms with Gasteiger partial charge in [0.2, 0.25) is 0 Å². The van der Waals surface area contributed by atoms with Gasteiger partial charge in [0.05, 0.1) is 10.6 Å². The van der Waals surface area contributed by atoms with Crippen molar-refractivity contribution in [2.24, 2.45) is 0 Å². The highest BCUT2D eigenvalue weighted by Crippen LogP contribution is 2.35. The van der Waals surface area contributed by atoms with Gasteiger partial charge in [-0.1, -0.05) is 23.7 Å². The van der Waals surface area contributed by atoms with Gasteiger partial charge < -0.3 is 10.6 Å². The molecule has 2 rings (SSSR count). The monoisotopic (exact) mass is 370 g/mol. The summed E-state index contributed by atoms with van der Waals surface area (Å²) in [6.07, 6.45) is -4.54. The second-order valence-electron chi connectivity index (χ2n) is 5.87. The third-order valence-corrected chi connectivity index (χ3v) is 4.21. The number of aryl methyl sites for hydroxylation is 3. The molecule has 134 valence electrons. The van der Waals surface area contributed by atoms with Gasteiger partial charge in [-0.2, -0.15) is 13.2 Å². The van der Waals surface area contributed by atoms with Gasteiger partial charge in [-0.25, -0.2) is 4.79 Å². The first-order valence-corrected chi connectivity index (χ1v) is 7.94. The lowest BCUT2D eigenvalue weighted by Crippen LogP contribution is -2.28. The van der Waals surface area contributed by atoms with Crippen molar-refractivity contribution in [3.63, 3.8) is 0 Å². The third-order valence-electron chi connectivity index (χ3n) is 3.88. The first-order chi connectivity index (χ1) is 11.6. The molecule has 2 aromatic rings. The Morgan fingerprint density at radius 3 is 2.32 bits per heavy atom. The van der Waals surface area contributed by atoms with Crippen molar-refractivity contribution in [1.82, 2.24) is 5.32 Å². The molecule has 2 amide bonds. The number of rotatable bonds is 3. The second kappa shape index (κ2) is 7.35. The maximum absolute atomic E-state index is 12.8. The normalized spacial score (nSPS) is 11.3. The van der Waals surface area contributed by atoms with Crippen molar-refractivity contribution in [3.8, 4) is 0 Å². The molecule has 25 heavy (non-hydrogen) atoms. The maximum Gasteiger partial charge on any atom is 0.417 e. The molecule has 0 unspecified atom stereocenters. The molecule has 0 aliphatic carbocycles. The van der Waals surface area contributed by atoms with Crippen LogP contribution in [-0.2, 0) is 12.7 Å². The average Bonchev–Trinajstić information content (AvgIpc) is 2.50. The summed E-state index contributed by atoms with van der Waals surface area (Å²) in [5.74, 6) is 0. The van der Waals surface area contributed by atoms with Crippen LogP contribution in [0.2, 0.25) is 5.02 Å². The highest BCUT2D eigenvalue weighted by Gasteiger charge is 2.33. The number of hydrogen-bond acceptors (Lipinski definition) is 1. The summed E-state index contributed by atoms with van der Waals surface area (Å²) in [5, 5.41) is 4.88. The van der Waals surface area contributed by atoms with Gasteiger partial charge in [0.1, 0.15) is 0 Å². The van der Waals surface area contributed by atoms with Crippen LogP contribution in [0, 0.1) is 20.8 Å². The predicted molar refractivity (Wildman–Crippen MR) is 93.0 cm³/mol. The Kier molecular flexibility index (Phi) is 5.62. The van der Waals surface area contributed by atoms with Crippen LogP contribution in [0.5, 0.6) is 0 Å². The van der Waals surface area contributed by atoms with Crippen molar-refractivity contribution in [3.05, 3.63) is 63.2 Å². The number of hydrogen-bond donors (Lipinski definition) is 2. The number of amides is 2. The minimum atomic E-state index is -4.54. The van der Waals surface area contributed by atoms with Crippen LogP contribution in [0.1, 0.15) is 27.8 Å². The lowest BCUT2D eigenvalue weighted by molar-refractivity contribution is -0.137. The number of urea groups is 1. The van der Waals surface area contributed by atoms with Crippen LogP contribution >= 0.6 is 11.6 Å². The molecule has 0 radical (unpaired) electrons. The van der Waals surface area contributed by atoms with Crippen molar-refractivity contribution in [1.29, 1.82) is 0 Å². The van der Waals surface area contributed by atoms with Crippen LogP contribution in [-0.4, -0.2) is 6.03 Å². The summed E-state index contributed by atoms with van der Waals surface area (Å²) in [6.45, 7) is 5.74. The van der Waals surface area contributed by atoms with E-state index < -0.39 is 17.8 Å². The predicted octanol–water partition coefficient (Wildman–Crippen LogP) is 5.61. The Hall–Kier alpha value is -2.21. The fraction of sp³-hybridized carbons (Fsp3) is 0.278. The molecular weight excluding hydrogens is 353 g/mol. The molecule has 0 aliphatic heterocycles. The summed E-state index contributed by atoms with van der Waals surface area (Å²) in [4.78, 5) is 12.0. The third kappa shape index (κ3) is 4.89. The van der Waals surface area contributed by atoms with E-state index in [4.69, 9.17) is 11.6 Å². The van der Waals surface area contributed by atoms with E-state index in [-0.39, 0.29) is 11.6 Å². The maximum atomic E-state index is 12.8. The van der Waals surface area contributed by atoms with Crippen molar-refractivity contribution >= 4 is 23.3 Å². The molecular formula is C18H18ClF3N2O. The summed E-state index contributed by atoms with van der Waals surface area (Å²) < 4.78 is 38.5. The van der Waals surface area contributed by atoms with Gasteiger partial charge in [-0.05, 0) is 61.2 Å². The highest BCUT2D eigenvalue weighted by molar-refractivity contribution is 6.31. The SMILES string of the molecule is Cc1cc(C)c(NC(=O)NCc2ccc(Cl)c(C(F)(F)F)c2)cc1C. The number of halogens is 4. The van der Waals surface area contributed by atoms with E-state index in [1.54, 1.807) is 0 Å². The Balaban J connectivity index is 2.05. The number of carbonyl (C=O) groups excluding carboxylic acids is 1. The van der Waals surface area contributed by atoms with Crippen LogP contribution in [0.25, 0.3) is 0 Å². The zero-order chi connectivity index (χ0) is 18.8. The standard InChI is InChI=1S/C18H18ClF3N2O/c1-10-6-12(3)16(7-11(10)2)24-17(25)23-9-13-4-5-15(19)14(8-13)18(20,21)22/h4-8H,9H2,1-3H3,(H2,23,24,25). The fourth-order valence-electron chi connectivity index (χ4n) is 2.34. The van der Waals surface area contributed by atoms with Crippen LogP contribution in [0.4, 0.5) is 23.7 Å². The van der Waals surface area contributed by atoms with Crippen molar-refractivity contribution in [2.75, 3.05) is 5.32 Å². The molecule has 0 saturated carbocycles. The van der Waals surface area contributed by atoms with E-state index in [1.165, 1.54) is 12.1 Å². The highest BCUT2D eigenvalue weighted by atomic mass is 35.5. The van der Waals surface area contributed by atoms with E-state index in [2.05, 4.69) is 10.6 Å². The molecule has 7 heteroatoms. The zero-order valence-corrected chi connectivity index (χ0v) is 14.8. The molecule has 0 fully saturated rings. The molecule has 0 saturated heterocycles. The number of alkyl halides is 3. The van der Waals surface area contributed by atoms with Gasteiger partial charge in [0.25, 0.3) is 0 Å². The average molecular weight is 371 g/mol. The van der Waals surface area contributed by atoms with Gasteiger partial charge >= 0.3 is 12.2 Å². The van der Waals surface area contributed by atoms with E-state index >= 15 is 0 Å². The molecule has 3 nitrogen and oxygen atoms in total. The summed E-state index contributed by atoms with van der Waals surface area (Å²) in [5.41, 5.74) is 3.11. The van der Waals surface area contributed by atoms with Crippen molar-refractivity contribution < 1.29 is 18.0 Å². The molecule has 0 aromatic heterocycles.